The number of hydrogen-bond donors (Lipinski definition) is 1. The van der Waals surface area contributed by atoms with Gasteiger partial charge in [-0.2, -0.15) is 0 Å². The van der Waals surface area contributed by atoms with Crippen molar-refractivity contribution in [3.63, 3.8) is 0 Å². The van der Waals surface area contributed by atoms with E-state index in [0.717, 1.165) is 6.26 Å². The molecule has 0 spiro atoms. The molecular weight excluding hydrogens is 322 g/mol. The molecule has 2 rings (SSSR count). The van der Waals surface area contributed by atoms with Crippen LogP contribution in [0.25, 0.3) is 0 Å². The number of benzene rings is 1. The van der Waals surface area contributed by atoms with Gasteiger partial charge in [-0.25, -0.2) is 13.2 Å². The van der Waals surface area contributed by atoms with Crippen molar-refractivity contribution in [2.24, 2.45) is 0 Å². The van der Waals surface area contributed by atoms with Crippen molar-refractivity contribution in [3.05, 3.63) is 54.0 Å². The first-order valence-corrected chi connectivity index (χ1v) is 8.50. The van der Waals surface area contributed by atoms with Crippen LogP contribution in [0.2, 0.25) is 0 Å². The molecule has 0 aliphatic carbocycles. The Bertz CT molecular complexity index is 793. The van der Waals surface area contributed by atoms with E-state index in [2.05, 4.69) is 4.72 Å². The van der Waals surface area contributed by atoms with Gasteiger partial charge in [0, 0.05) is 11.3 Å². The number of esters is 1. The number of furan rings is 1. The zero-order valence-electron chi connectivity index (χ0n) is 12.5. The summed E-state index contributed by atoms with van der Waals surface area (Å²) in [5, 5.41) is 0. The molecule has 23 heavy (non-hydrogen) atoms. The molecule has 8 heteroatoms. The predicted molar refractivity (Wildman–Crippen MR) is 82.8 cm³/mol. The number of carbonyl (C=O) groups is 2. The van der Waals surface area contributed by atoms with Crippen LogP contribution in [0.5, 0.6) is 0 Å². The second kappa shape index (κ2) is 6.66. The Kier molecular flexibility index (Phi) is 4.85. The van der Waals surface area contributed by atoms with Crippen molar-refractivity contribution in [1.29, 1.82) is 0 Å². The Labute approximate surface area is 133 Å². The van der Waals surface area contributed by atoms with Gasteiger partial charge < -0.3 is 9.15 Å². The molecular formula is C15H15NO6S. The molecule has 0 aliphatic heterocycles. The summed E-state index contributed by atoms with van der Waals surface area (Å²) in [6, 6.07) is 7.26. The Morgan fingerprint density at radius 3 is 2.30 bits per heavy atom. The normalized spacial score (nSPS) is 12.4. The van der Waals surface area contributed by atoms with E-state index >= 15 is 0 Å². The molecule has 0 aliphatic rings. The first-order valence-electron chi connectivity index (χ1n) is 6.61. The highest BCUT2D eigenvalue weighted by Gasteiger charge is 2.21. The maximum absolute atomic E-state index is 12.2. The molecule has 1 aromatic heterocycles. The van der Waals surface area contributed by atoms with E-state index < -0.39 is 27.9 Å². The van der Waals surface area contributed by atoms with Gasteiger partial charge in [-0.1, -0.05) is 0 Å². The van der Waals surface area contributed by atoms with Crippen LogP contribution in [-0.4, -0.2) is 32.5 Å². The second-order valence-electron chi connectivity index (χ2n) is 4.88. The minimum atomic E-state index is -3.38. The molecule has 2 aromatic rings. The topological polar surface area (TPSA) is 103 Å². The van der Waals surface area contributed by atoms with Crippen LogP contribution in [0.15, 0.2) is 47.3 Å². The predicted octanol–water partition coefficient (Wildman–Crippen LogP) is 2.08. The Hall–Kier alpha value is -2.61. The fourth-order valence-electron chi connectivity index (χ4n) is 1.81. The van der Waals surface area contributed by atoms with E-state index in [-0.39, 0.29) is 5.56 Å². The standard InChI is InChI=1S/C15H15NO6S/c1-10(22-15(18)12-7-8-21-9-12)14(17)11-3-5-13(6-4-11)16-23(2,19)20/h3-10,16H,1-2H3. The molecule has 0 saturated heterocycles. The molecule has 0 bridgehead atoms. The largest absolute Gasteiger partial charge is 0.472 e. The van der Waals surface area contributed by atoms with Gasteiger partial charge in [0.1, 0.15) is 6.26 Å². The number of carbonyl (C=O) groups excluding carboxylic acids is 2. The number of ether oxygens (including phenoxy) is 1. The Morgan fingerprint density at radius 2 is 1.78 bits per heavy atom. The monoisotopic (exact) mass is 337 g/mol. The summed E-state index contributed by atoms with van der Waals surface area (Å²) >= 11 is 0. The van der Waals surface area contributed by atoms with E-state index in [9.17, 15) is 18.0 Å². The van der Waals surface area contributed by atoms with Gasteiger partial charge in [0.15, 0.2) is 6.10 Å². The van der Waals surface area contributed by atoms with Gasteiger partial charge >= 0.3 is 5.97 Å². The van der Waals surface area contributed by atoms with Crippen molar-refractivity contribution in [1.82, 2.24) is 0 Å². The van der Waals surface area contributed by atoms with Gasteiger partial charge in [-0.05, 0) is 37.3 Å². The number of hydrogen-bond acceptors (Lipinski definition) is 6. The van der Waals surface area contributed by atoms with Crippen molar-refractivity contribution < 1.29 is 27.2 Å². The lowest BCUT2D eigenvalue weighted by Crippen LogP contribution is -2.24. The van der Waals surface area contributed by atoms with Crippen molar-refractivity contribution in [2.75, 3.05) is 11.0 Å². The molecule has 1 unspecified atom stereocenters. The zero-order chi connectivity index (χ0) is 17.0. The molecule has 0 saturated carbocycles. The van der Waals surface area contributed by atoms with Gasteiger partial charge in [0.05, 0.1) is 18.1 Å². The minimum Gasteiger partial charge on any atom is -0.472 e. The van der Waals surface area contributed by atoms with E-state index in [4.69, 9.17) is 9.15 Å². The van der Waals surface area contributed by atoms with E-state index in [1.807, 2.05) is 0 Å². The number of Topliss-reactive ketones (excluding diaryl/α,β-unsaturated/α-hetero) is 1. The second-order valence-corrected chi connectivity index (χ2v) is 6.62. The fourth-order valence-corrected chi connectivity index (χ4v) is 2.38. The summed E-state index contributed by atoms with van der Waals surface area (Å²) in [5.41, 5.74) is 0.862. The molecule has 7 nitrogen and oxygen atoms in total. The number of rotatable bonds is 6. The molecule has 1 N–H and O–H groups in total. The Morgan fingerprint density at radius 1 is 1.13 bits per heavy atom. The van der Waals surface area contributed by atoms with Crippen LogP contribution in [0, 0.1) is 0 Å². The molecule has 1 aromatic carbocycles. The molecule has 0 radical (unpaired) electrons. The third-order valence-corrected chi connectivity index (χ3v) is 3.49. The summed E-state index contributed by atoms with van der Waals surface area (Å²) in [6.45, 7) is 1.46. The Balaban J connectivity index is 2.03. The summed E-state index contributed by atoms with van der Waals surface area (Å²) in [7, 11) is -3.38. The smallest absolute Gasteiger partial charge is 0.342 e. The summed E-state index contributed by atoms with van der Waals surface area (Å²) in [6.07, 6.45) is 2.61. The van der Waals surface area contributed by atoms with Crippen LogP contribution in [0.4, 0.5) is 5.69 Å². The number of anilines is 1. The summed E-state index contributed by atoms with van der Waals surface area (Å²) in [5.74, 6) is -1.05. The minimum absolute atomic E-state index is 0.220. The van der Waals surface area contributed by atoms with Gasteiger partial charge in [0.2, 0.25) is 15.8 Å². The average Bonchev–Trinajstić information content (AvgIpc) is 3.00. The quantitative estimate of drug-likeness (QED) is 0.639. The average molecular weight is 337 g/mol. The van der Waals surface area contributed by atoms with Gasteiger partial charge in [-0.15, -0.1) is 0 Å². The van der Waals surface area contributed by atoms with Crippen LogP contribution >= 0.6 is 0 Å². The zero-order valence-corrected chi connectivity index (χ0v) is 13.3. The van der Waals surface area contributed by atoms with E-state index in [1.165, 1.54) is 49.8 Å². The molecule has 1 heterocycles. The molecule has 122 valence electrons. The molecule has 1 atom stereocenters. The maximum atomic E-state index is 12.2. The van der Waals surface area contributed by atoms with Gasteiger partial charge in [-0.3, -0.25) is 9.52 Å². The molecule has 0 fully saturated rings. The number of nitrogens with one attached hydrogen (secondary N) is 1. The SMILES string of the molecule is CC(OC(=O)c1ccoc1)C(=O)c1ccc(NS(C)(=O)=O)cc1. The van der Waals surface area contributed by atoms with E-state index in [1.54, 1.807) is 0 Å². The number of sulfonamides is 1. The van der Waals surface area contributed by atoms with Crippen LogP contribution < -0.4 is 4.72 Å². The highest BCUT2D eigenvalue weighted by molar-refractivity contribution is 7.92. The highest BCUT2D eigenvalue weighted by atomic mass is 32.2. The first kappa shape index (κ1) is 16.8. The maximum Gasteiger partial charge on any atom is 0.342 e. The van der Waals surface area contributed by atoms with Crippen LogP contribution in [0.1, 0.15) is 27.6 Å². The first-order chi connectivity index (χ1) is 10.8. The fraction of sp³-hybridized carbons (Fsp3) is 0.200. The van der Waals surface area contributed by atoms with Crippen molar-refractivity contribution in [2.45, 2.75) is 13.0 Å². The van der Waals surface area contributed by atoms with Crippen LogP contribution in [0.3, 0.4) is 0 Å². The number of ketones is 1. The molecule has 0 amide bonds. The van der Waals surface area contributed by atoms with Crippen molar-refractivity contribution in [3.8, 4) is 0 Å². The van der Waals surface area contributed by atoms with Crippen LogP contribution in [-0.2, 0) is 14.8 Å². The van der Waals surface area contributed by atoms with E-state index in [0.29, 0.717) is 11.3 Å². The van der Waals surface area contributed by atoms with Crippen molar-refractivity contribution >= 4 is 27.5 Å². The summed E-state index contributed by atoms with van der Waals surface area (Å²) < 4.78 is 34.4. The lowest BCUT2D eigenvalue weighted by molar-refractivity contribution is 0.0318. The highest BCUT2D eigenvalue weighted by Crippen LogP contribution is 2.14. The third kappa shape index (κ3) is 4.68. The lowest BCUT2D eigenvalue weighted by Gasteiger charge is -2.12. The summed E-state index contributed by atoms with van der Waals surface area (Å²) in [4.78, 5) is 24.0. The lowest BCUT2D eigenvalue weighted by atomic mass is 10.1. The van der Waals surface area contributed by atoms with Gasteiger partial charge in [0.25, 0.3) is 0 Å². The third-order valence-electron chi connectivity index (χ3n) is 2.88.